The normalized spacial score (nSPS) is 23.6. The minimum atomic E-state index is 0.0802. The predicted molar refractivity (Wildman–Crippen MR) is 111 cm³/mol. The van der Waals surface area contributed by atoms with Crippen molar-refractivity contribution in [3.8, 4) is 0 Å². The summed E-state index contributed by atoms with van der Waals surface area (Å²) in [5.41, 5.74) is 1.35. The Labute approximate surface area is 169 Å². The number of likely N-dealkylation sites (tertiary alicyclic amines) is 2. The summed E-state index contributed by atoms with van der Waals surface area (Å²) in [4.78, 5) is 17.1. The van der Waals surface area contributed by atoms with E-state index in [0.29, 0.717) is 6.54 Å². The van der Waals surface area contributed by atoms with Crippen LogP contribution in [0.15, 0.2) is 30.3 Å². The molecule has 0 saturated carbocycles. The van der Waals surface area contributed by atoms with E-state index in [2.05, 4.69) is 10.2 Å². The summed E-state index contributed by atoms with van der Waals surface area (Å²) in [5.74, 6) is 0.722. The highest BCUT2D eigenvalue weighted by molar-refractivity contribution is 5.74. The molecule has 0 aliphatic carbocycles. The first-order valence-electron chi connectivity index (χ1n) is 11.2. The molecule has 0 unspecified atom stereocenters. The van der Waals surface area contributed by atoms with E-state index in [4.69, 9.17) is 4.74 Å². The average Bonchev–Trinajstić information content (AvgIpc) is 2.76. The van der Waals surface area contributed by atoms with Crippen LogP contribution in [0.1, 0.15) is 50.5 Å². The molecule has 0 atom stereocenters. The molecule has 154 valence electrons. The zero-order valence-corrected chi connectivity index (χ0v) is 17.1. The number of carbonyl (C=O) groups is 1. The van der Waals surface area contributed by atoms with E-state index in [9.17, 15) is 4.79 Å². The summed E-state index contributed by atoms with van der Waals surface area (Å²) in [5, 5.41) is 3.06. The van der Waals surface area contributed by atoms with Crippen molar-refractivity contribution in [3.05, 3.63) is 35.9 Å². The Bertz CT molecular complexity index is 612. The molecule has 3 heterocycles. The molecule has 28 heavy (non-hydrogen) atoms. The lowest BCUT2D eigenvalue weighted by Crippen LogP contribution is -2.50. The molecule has 2 amide bonds. The Balaban J connectivity index is 1.15. The molecule has 1 aromatic carbocycles. The van der Waals surface area contributed by atoms with E-state index >= 15 is 0 Å². The molecular weight excluding hydrogens is 350 g/mol. The third-order valence-corrected chi connectivity index (χ3v) is 6.91. The van der Waals surface area contributed by atoms with Crippen molar-refractivity contribution in [2.75, 3.05) is 39.3 Å². The third-order valence-electron chi connectivity index (χ3n) is 6.91. The molecule has 3 saturated heterocycles. The molecule has 1 spiro atoms. The second-order valence-corrected chi connectivity index (χ2v) is 8.86. The quantitative estimate of drug-likeness (QED) is 0.861. The number of nitrogens with one attached hydrogen (secondary N) is 1. The monoisotopic (exact) mass is 385 g/mol. The number of ether oxygens (including phenoxy) is 1. The standard InChI is InChI=1S/C23H35N3O2/c27-22(24-18-20-6-2-1-3-7-20)26-13-8-21(9-14-26)19-25-15-11-23(12-16-25)10-4-5-17-28-23/h1-3,6-7,21H,4-5,8-19H2,(H,24,27). The smallest absolute Gasteiger partial charge is 0.317 e. The summed E-state index contributed by atoms with van der Waals surface area (Å²) in [6, 6.07) is 10.2. The van der Waals surface area contributed by atoms with Crippen molar-refractivity contribution in [2.24, 2.45) is 5.92 Å². The fourth-order valence-electron chi connectivity index (χ4n) is 5.02. The second-order valence-electron chi connectivity index (χ2n) is 8.86. The van der Waals surface area contributed by atoms with Crippen LogP contribution in [-0.2, 0) is 11.3 Å². The first-order chi connectivity index (χ1) is 13.7. The molecule has 3 fully saturated rings. The van der Waals surface area contributed by atoms with Crippen LogP contribution >= 0.6 is 0 Å². The fraction of sp³-hybridized carbons (Fsp3) is 0.696. The van der Waals surface area contributed by atoms with Crippen molar-refractivity contribution < 1.29 is 9.53 Å². The van der Waals surface area contributed by atoms with Crippen LogP contribution in [0.3, 0.4) is 0 Å². The van der Waals surface area contributed by atoms with Crippen molar-refractivity contribution in [3.63, 3.8) is 0 Å². The van der Waals surface area contributed by atoms with Gasteiger partial charge in [0.05, 0.1) is 5.60 Å². The van der Waals surface area contributed by atoms with Gasteiger partial charge in [-0.2, -0.15) is 0 Å². The van der Waals surface area contributed by atoms with E-state index in [1.165, 1.54) is 51.7 Å². The van der Waals surface area contributed by atoms with E-state index < -0.39 is 0 Å². The van der Waals surface area contributed by atoms with Gasteiger partial charge in [-0.15, -0.1) is 0 Å². The Kier molecular flexibility index (Phi) is 6.53. The maximum absolute atomic E-state index is 12.4. The minimum absolute atomic E-state index is 0.0802. The van der Waals surface area contributed by atoms with Gasteiger partial charge in [-0.1, -0.05) is 30.3 Å². The van der Waals surface area contributed by atoms with Crippen LogP contribution in [0, 0.1) is 5.92 Å². The van der Waals surface area contributed by atoms with Crippen molar-refractivity contribution >= 4 is 6.03 Å². The third kappa shape index (κ3) is 5.06. The molecule has 3 aliphatic heterocycles. The largest absolute Gasteiger partial charge is 0.375 e. The average molecular weight is 386 g/mol. The molecule has 4 rings (SSSR count). The summed E-state index contributed by atoms with van der Waals surface area (Å²) >= 11 is 0. The number of urea groups is 1. The molecule has 1 aromatic rings. The summed E-state index contributed by atoms with van der Waals surface area (Å²) < 4.78 is 6.16. The number of piperidine rings is 2. The highest BCUT2D eigenvalue weighted by Crippen LogP contribution is 2.35. The minimum Gasteiger partial charge on any atom is -0.375 e. The molecule has 3 aliphatic rings. The second kappa shape index (κ2) is 9.27. The van der Waals surface area contributed by atoms with Crippen LogP contribution in [-0.4, -0.2) is 60.8 Å². The van der Waals surface area contributed by atoms with E-state index in [-0.39, 0.29) is 11.6 Å². The predicted octanol–water partition coefficient (Wildman–Crippen LogP) is 3.64. The van der Waals surface area contributed by atoms with Gasteiger partial charge in [0.15, 0.2) is 0 Å². The van der Waals surface area contributed by atoms with E-state index in [1.54, 1.807) is 0 Å². The molecule has 0 bridgehead atoms. The van der Waals surface area contributed by atoms with Gasteiger partial charge in [-0.05, 0) is 56.4 Å². The van der Waals surface area contributed by atoms with Gasteiger partial charge < -0.3 is 19.9 Å². The lowest BCUT2D eigenvalue weighted by molar-refractivity contribution is -0.112. The van der Waals surface area contributed by atoms with Crippen molar-refractivity contribution in [1.82, 2.24) is 15.1 Å². The summed E-state index contributed by atoms with van der Waals surface area (Å²) in [6.07, 6.45) is 8.49. The topological polar surface area (TPSA) is 44.8 Å². The SMILES string of the molecule is O=C(NCc1ccccc1)N1CCC(CN2CCC3(CCCCO3)CC2)CC1. The molecular formula is C23H35N3O2. The van der Waals surface area contributed by atoms with E-state index in [1.807, 2.05) is 35.2 Å². The van der Waals surface area contributed by atoms with Gasteiger partial charge in [0, 0.05) is 45.9 Å². The molecule has 1 N–H and O–H groups in total. The summed E-state index contributed by atoms with van der Waals surface area (Å²) in [6.45, 7) is 6.88. The number of hydrogen-bond donors (Lipinski definition) is 1. The van der Waals surface area contributed by atoms with Gasteiger partial charge in [0.25, 0.3) is 0 Å². The molecule has 5 heteroatoms. The van der Waals surface area contributed by atoms with Crippen LogP contribution in [0.5, 0.6) is 0 Å². The number of amides is 2. The molecule has 0 radical (unpaired) electrons. The summed E-state index contributed by atoms with van der Waals surface area (Å²) in [7, 11) is 0. The van der Waals surface area contributed by atoms with E-state index in [0.717, 1.165) is 44.0 Å². The van der Waals surface area contributed by atoms with Gasteiger partial charge in [-0.25, -0.2) is 4.79 Å². The number of benzene rings is 1. The van der Waals surface area contributed by atoms with Gasteiger partial charge in [0.1, 0.15) is 0 Å². The zero-order chi connectivity index (χ0) is 19.2. The van der Waals surface area contributed by atoms with Gasteiger partial charge in [0.2, 0.25) is 0 Å². The highest BCUT2D eigenvalue weighted by atomic mass is 16.5. The first-order valence-corrected chi connectivity index (χ1v) is 11.2. The number of carbonyl (C=O) groups excluding carboxylic acids is 1. The maximum atomic E-state index is 12.4. The Morgan fingerprint density at radius 3 is 2.46 bits per heavy atom. The van der Waals surface area contributed by atoms with Crippen LogP contribution in [0.4, 0.5) is 4.79 Å². The van der Waals surface area contributed by atoms with Crippen LogP contribution in [0.2, 0.25) is 0 Å². The van der Waals surface area contributed by atoms with Gasteiger partial charge in [-0.3, -0.25) is 0 Å². The molecule has 5 nitrogen and oxygen atoms in total. The Morgan fingerprint density at radius 2 is 1.79 bits per heavy atom. The lowest BCUT2D eigenvalue weighted by atomic mass is 9.84. The lowest BCUT2D eigenvalue weighted by Gasteiger charge is -2.45. The zero-order valence-electron chi connectivity index (χ0n) is 17.1. The van der Waals surface area contributed by atoms with Crippen LogP contribution < -0.4 is 5.32 Å². The number of nitrogens with zero attached hydrogens (tertiary/aromatic N) is 2. The number of rotatable bonds is 4. The maximum Gasteiger partial charge on any atom is 0.317 e. The Morgan fingerprint density at radius 1 is 1.04 bits per heavy atom. The first kappa shape index (κ1) is 19.7. The highest BCUT2D eigenvalue weighted by Gasteiger charge is 2.37. The fourth-order valence-corrected chi connectivity index (χ4v) is 5.02. The molecule has 0 aromatic heterocycles. The van der Waals surface area contributed by atoms with Crippen molar-refractivity contribution in [1.29, 1.82) is 0 Å². The van der Waals surface area contributed by atoms with Crippen LogP contribution in [0.25, 0.3) is 0 Å². The van der Waals surface area contributed by atoms with Crippen molar-refractivity contribution in [2.45, 2.75) is 57.1 Å². The van der Waals surface area contributed by atoms with Gasteiger partial charge >= 0.3 is 6.03 Å². The number of hydrogen-bond acceptors (Lipinski definition) is 3. The Hall–Kier alpha value is -1.59.